The molecule has 86 valence electrons. The van der Waals surface area contributed by atoms with Crippen LogP contribution in [0.2, 0.25) is 0 Å². The lowest BCUT2D eigenvalue weighted by molar-refractivity contribution is 0.340. The van der Waals surface area contributed by atoms with Gasteiger partial charge in [-0.25, -0.2) is 0 Å². The third-order valence-electron chi connectivity index (χ3n) is 2.46. The maximum Gasteiger partial charge on any atom is 0.119 e. The number of nitrogens with two attached hydrogens (primary N) is 1. The van der Waals surface area contributed by atoms with Gasteiger partial charge in [0, 0.05) is 12.5 Å². The lowest BCUT2D eigenvalue weighted by Gasteiger charge is -2.11. The average molecular weight is 217 g/mol. The number of benzene rings is 1. The van der Waals surface area contributed by atoms with Crippen LogP contribution < -0.4 is 10.5 Å². The molecule has 0 aromatic heterocycles. The molecule has 0 fully saturated rings. The summed E-state index contributed by atoms with van der Waals surface area (Å²) in [6.07, 6.45) is 7.90. The SMILES string of the molecule is C#CCCCC(N)c1ccc(OCC)cc1. The van der Waals surface area contributed by atoms with Crippen LogP contribution in [0.5, 0.6) is 5.75 Å². The lowest BCUT2D eigenvalue weighted by atomic mass is 10.0. The molecule has 1 aromatic rings. The van der Waals surface area contributed by atoms with Gasteiger partial charge in [0.15, 0.2) is 0 Å². The molecule has 1 atom stereocenters. The van der Waals surface area contributed by atoms with E-state index in [1.54, 1.807) is 0 Å². The highest BCUT2D eigenvalue weighted by atomic mass is 16.5. The Labute approximate surface area is 97.8 Å². The van der Waals surface area contributed by atoms with Crippen LogP contribution in [-0.2, 0) is 0 Å². The molecule has 0 radical (unpaired) electrons. The van der Waals surface area contributed by atoms with Crippen molar-refractivity contribution in [2.75, 3.05) is 6.61 Å². The Morgan fingerprint density at radius 1 is 1.38 bits per heavy atom. The summed E-state index contributed by atoms with van der Waals surface area (Å²) in [7, 11) is 0. The summed E-state index contributed by atoms with van der Waals surface area (Å²) in [5.74, 6) is 3.52. The second-order valence-electron chi connectivity index (χ2n) is 3.70. The smallest absolute Gasteiger partial charge is 0.119 e. The zero-order valence-corrected chi connectivity index (χ0v) is 9.78. The van der Waals surface area contributed by atoms with Gasteiger partial charge in [-0.2, -0.15) is 0 Å². The van der Waals surface area contributed by atoms with E-state index in [9.17, 15) is 0 Å². The molecule has 2 N–H and O–H groups in total. The Bertz CT molecular complexity index is 337. The summed E-state index contributed by atoms with van der Waals surface area (Å²) >= 11 is 0. The van der Waals surface area contributed by atoms with Gasteiger partial charge in [0.1, 0.15) is 5.75 Å². The van der Waals surface area contributed by atoms with Crippen LogP contribution in [0.3, 0.4) is 0 Å². The van der Waals surface area contributed by atoms with Crippen molar-refractivity contribution in [3.05, 3.63) is 29.8 Å². The summed E-state index contributed by atoms with van der Waals surface area (Å²) in [5, 5.41) is 0. The van der Waals surface area contributed by atoms with Gasteiger partial charge in [-0.3, -0.25) is 0 Å². The fraction of sp³-hybridized carbons (Fsp3) is 0.429. The summed E-state index contributed by atoms with van der Waals surface area (Å²) < 4.78 is 5.37. The number of ether oxygens (including phenoxy) is 1. The summed E-state index contributed by atoms with van der Waals surface area (Å²) in [4.78, 5) is 0. The highest BCUT2D eigenvalue weighted by Gasteiger charge is 2.05. The van der Waals surface area contributed by atoms with Gasteiger partial charge in [-0.1, -0.05) is 12.1 Å². The second-order valence-corrected chi connectivity index (χ2v) is 3.70. The van der Waals surface area contributed by atoms with E-state index in [2.05, 4.69) is 5.92 Å². The molecule has 0 aliphatic carbocycles. The Morgan fingerprint density at radius 3 is 2.62 bits per heavy atom. The standard InChI is InChI=1S/C14H19NO/c1-3-5-6-7-14(15)12-8-10-13(11-9-12)16-4-2/h1,8-11,14H,4-7,15H2,2H3. The average Bonchev–Trinajstić information content (AvgIpc) is 2.30. The van der Waals surface area contributed by atoms with Crippen molar-refractivity contribution in [3.8, 4) is 18.1 Å². The quantitative estimate of drug-likeness (QED) is 0.587. The molecule has 0 spiro atoms. The van der Waals surface area contributed by atoms with Crippen LogP contribution in [0.4, 0.5) is 0 Å². The molecule has 0 saturated carbocycles. The minimum Gasteiger partial charge on any atom is -0.494 e. The van der Waals surface area contributed by atoms with E-state index in [1.807, 2.05) is 31.2 Å². The Morgan fingerprint density at radius 2 is 2.06 bits per heavy atom. The van der Waals surface area contributed by atoms with Crippen LogP contribution in [0, 0.1) is 12.3 Å². The van der Waals surface area contributed by atoms with E-state index in [1.165, 1.54) is 0 Å². The molecule has 1 rings (SSSR count). The molecule has 1 unspecified atom stereocenters. The lowest BCUT2D eigenvalue weighted by Crippen LogP contribution is -2.09. The van der Waals surface area contributed by atoms with Gasteiger partial charge in [0.05, 0.1) is 6.61 Å². The molecule has 0 saturated heterocycles. The van der Waals surface area contributed by atoms with Gasteiger partial charge in [0.2, 0.25) is 0 Å². The van der Waals surface area contributed by atoms with Gasteiger partial charge in [-0.15, -0.1) is 12.3 Å². The molecular formula is C14H19NO. The van der Waals surface area contributed by atoms with E-state index < -0.39 is 0 Å². The first-order chi connectivity index (χ1) is 7.77. The van der Waals surface area contributed by atoms with Gasteiger partial charge in [0.25, 0.3) is 0 Å². The monoisotopic (exact) mass is 217 g/mol. The van der Waals surface area contributed by atoms with Gasteiger partial charge < -0.3 is 10.5 Å². The minimum absolute atomic E-state index is 0.0732. The van der Waals surface area contributed by atoms with Crippen molar-refractivity contribution in [3.63, 3.8) is 0 Å². The molecule has 2 nitrogen and oxygen atoms in total. The van der Waals surface area contributed by atoms with Crippen molar-refractivity contribution in [1.29, 1.82) is 0 Å². The molecule has 0 amide bonds. The molecular weight excluding hydrogens is 198 g/mol. The molecule has 16 heavy (non-hydrogen) atoms. The third kappa shape index (κ3) is 3.96. The normalized spacial score (nSPS) is 11.8. The fourth-order valence-electron chi connectivity index (χ4n) is 1.57. The molecule has 0 aliphatic heterocycles. The second kappa shape index (κ2) is 6.92. The van der Waals surface area contributed by atoms with Gasteiger partial charge in [-0.05, 0) is 37.5 Å². The molecule has 1 aromatic carbocycles. The first-order valence-electron chi connectivity index (χ1n) is 5.69. The number of hydrogen-bond acceptors (Lipinski definition) is 2. The van der Waals surface area contributed by atoms with Crippen LogP contribution >= 0.6 is 0 Å². The zero-order valence-electron chi connectivity index (χ0n) is 9.78. The zero-order chi connectivity index (χ0) is 11.8. The van der Waals surface area contributed by atoms with E-state index >= 15 is 0 Å². The van der Waals surface area contributed by atoms with Crippen LogP contribution in [0.15, 0.2) is 24.3 Å². The topological polar surface area (TPSA) is 35.2 Å². The summed E-state index contributed by atoms with van der Waals surface area (Å²) in [6.45, 7) is 2.66. The highest BCUT2D eigenvalue weighted by molar-refractivity contribution is 5.28. The van der Waals surface area contributed by atoms with Crippen LogP contribution in [0.25, 0.3) is 0 Å². The summed E-state index contributed by atoms with van der Waals surface area (Å²) in [5.41, 5.74) is 7.19. The first kappa shape index (κ1) is 12.6. The predicted octanol–water partition coefficient (Wildman–Crippen LogP) is 2.89. The van der Waals surface area contributed by atoms with E-state index in [-0.39, 0.29) is 6.04 Å². The first-order valence-corrected chi connectivity index (χ1v) is 5.69. The number of terminal acetylenes is 1. The van der Waals surface area contributed by atoms with Crippen molar-refractivity contribution < 1.29 is 4.74 Å². The van der Waals surface area contributed by atoms with Crippen molar-refractivity contribution in [1.82, 2.24) is 0 Å². The fourth-order valence-corrected chi connectivity index (χ4v) is 1.57. The largest absolute Gasteiger partial charge is 0.494 e. The van der Waals surface area contributed by atoms with Crippen molar-refractivity contribution in [2.24, 2.45) is 5.73 Å². The Hall–Kier alpha value is -1.46. The van der Waals surface area contributed by atoms with E-state index in [0.717, 1.165) is 30.6 Å². The van der Waals surface area contributed by atoms with Crippen molar-refractivity contribution in [2.45, 2.75) is 32.2 Å². The maximum absolute atomic E-state index is 6.05. The summed E-state index contributed by atoms with van der Waals surface area (Å²) in [6, 6.07) is 8.03. The Kier molecular flexibility index (Phi) is 5.45. The van der Waals surface area contributed by atoms with Crippen LogP contribution in [0.1, 0.15) is 37.8 Å². The van der Waals surface area contributed by atoms with E-state index in [4.69, 9.17) is 16.9 Å². The maximum atomic E-state index is 6.05. The Balaban J connectivity index is 2.49. The van der Waals surface area contributed by atoms with Crippen LogP contribution in [-0.4, -0.2) is 6.61 Å². The number of unbranched alkanes of at least 4 members (excludes halogenated alkanes) is 1. The minimum atomic E-state index is 0.0732. The number of hydrogen-bond donors (Lipinski definition) is 1. The third-order valence-corrected chi connectivity index (χ3v) is 2.46. The highest BCUT2D eigenvalue weighted by Crippen LogP contribution is 2.19. The molecule has 0 bridgehead atoms. The predicted molar refractivity (Wildman–Crippen MR) is 67.2 cm³/mol. The van der Waals surface area contributed by atoms with E-state index in [0.29, 0.717) is 6.61 Å². The number of rotatable bonds is 6. The van der Waals surface area contributed by atoms with Gasteiger partial charge >= 0.3 is 0 Å². The molecule has 0 aliphatic rings. The molecule has 0 heterocycles. The van der Waals surface area contributed by atoms with Crippen molar-refractivity contribution >= 4 is 0 Å². The molecule has 2 heteroatoms.